The molecule has 0 aliphatic carbocycles. The molecule has 1 aromatic carbocycles. The van der Waals surface area contributed by atoms with Crippen LogP contribution in [0.2, 0.25) is 0 Å². The third kappa shape index (κ3) is 3.84. The number of carbonyl (C=O) groups excluding carboxylic acids is 1. The van der Waals surface area contributed by atoms with Crippen molar-refractivity contribution in [2.24, 2.45) is 7.05 Å². The van der Waals surface area contributed by atoms with Gasteiger partial charge in [0.25, 0.3) is 0 Å². The molecule has 0 unspecified atom stereocenters. The van der Waals surface area contributed by atoms with Gasteiger partial charge >= 0.3 is 0 Å². The summed E-state index contributed by atoms with van der Waals surface area (Å²) in [5, 5.41) is 7.16. The normalized spacial score (nSPS) is 18.1. The smallest absolute Gasteiger partial charge is 0.232 e. The number of thioether (sulfide) groups is 1. The van der Waals surface area contributed by atoms with Gasteiger partial charge in [-0.1, -0.05) is 18.2 Å². The summed E-state index contributed by atoms with van der Waals surface area (Å²) in [4.78, 5) is 15.6. The Kier molecular flexibility index (Phi) is 5.17. The Hall–Kier alpha value is -1.60. The van der Waals surface area contributed by atoms with Crippen LogP contribution in [-0.2, 0) is 11.8 Å². The average molecular weight is 348 g/mol. The number of aromatic nitrogens is 3. The Morgan fingerprint density at radius 1 is 1.43 bits per heavy atom. The summed E-state index contributed by atoms with van der Waals surface area (Å²) in [6, 6.07) is 10.0. The fourth-order valence-electron chi connectivity index (χ4n) is 2.89. The van der Waals surface area contributed by atoms with Gasteiger partial charge in [-0.15, -0.1) is 11.8 Å². The van der Waals surface area contributed by atoms with Crippen molar-refractivity contribution in [2.75, 3.05) is 18.8 Å². The molecule has 0 saturated carbocycles. The molecule has 1 atom stereocenters. The number of hydrogen-bond donors (Lipinski definition) is 1. The zero-order valence-electron chi connectivity index (χ0n) is 13.1. The third-order valence-corrected chi connectivity index (χ3v) is 5.52. The second kappa shape index (κ2) is 7.31. The number of carbonyl (C=O) groups is 1. The predicted molar refractivity (Wildman–Crippen MR) is 94.1 cm³/mol. The number of nitrogens with zero attached hydrogens (tertiary/aromatic N) is 3. The number of benzene rings is 1. The van der Waals surface area contributed by atoms with E-state index in [1.54, 1.807) is 11.8 Å². The van der Waals surface area contributed by atoms with Crippen LogP contribution in [0.5, 0.6) is 0 Å². The molecule has 7 heteroatoms. The highest BCUT2D eigenvalue weighted by Crippen LogP contribution is 2.26. The van der Waals surface area contributed by atoms with E-state index in [1.807, 2.05) is 46.8 Å². The second-order valence-electron chi connectivity index (χ2n) is 5.73. The highest BCUT2D eigenvalue weighted by atomic mass is 32.2. The zero-order chi connectivity index (χ0) is 16.2. The van der Waals surface area contributed by atoms with Crippen molar-refractivity contribution in [3.8, 4) is 0 Å². The van der Waals surface area contributed by atoms with Crippen LogP contribution >= 0.6 is 24.0 Å². The van der Waals surface area contributed by atoms with Gasteiger partial charge in [0, 0.05) is 31.0 Å². The molecule has 0 spiro atoms. The first-order chi connectivity index (χ1) is 11.1. The molecule has 0 bridgehead atoms. The zero-order valence-corrected chi connectivity index (χ0v) is 14.7. The van der Waals surface area contributed by atoms with Gasteiger partial charge in [0.1, 0.15) is 5.82 Å². The first-order valence-electron chi connectivity index (χ1n) is 7.72. The van der Waals surface area contributed by atoms with Crippen molar-refractivity contribution in [3.63, 3.8) is 0 Å². The van der Waals surface area contributed by atoms with Gasteiger partial charge in [-0.2, -0.15) is 5.10 Å². The van der Waals surface area contributed by atoms with Gasteiger partial charge in [0.2, 0.25) is 5.91 Å². The monoisotopic (exact) mass is 348 g/mol. The number of nitrogens with one attached hydrogen (secondary N) is 1. The van der Waals surface area contributed by atoms with E-state index in [2.05, 4.69) is 10.2 Å². The minimum Gasteiger partial charge on any atom is -0.341 e. The Bertz CT molecular complexity index is 725. The molecule has 1 amide bonds. The Balaban J connectivity index is 1.60. The largest absolute Gasteiger partial charge is 0.341 e. The molecule has 1 N–H and O–H groups in total. The van der Waals surface area contributed by atoms with Gasteiger partial charge in [-0.25, -0.2) is 0 Å². The lowest BCUT2D eigenvalue weighted by molar-refractivity contribution is -0.129. The fourth-order valence-corrected chi connectivity index (χ4v) is 3.85. The van der Waals surface area contributed by atoms with Crippen molar-refractivity contribution in [2.45, 2.75) is 23.7 Å². The maximum absolute atomic E-state index is 12.5. The number of likely N-dealkylation sites (tertiary alicyclic amines) is 1. The van der Waals surface area contributed by atoms with E-state index in [4.69, 9.17) is 12.2 Å². The maximum atomic E-state index is 12.5. The Labute approximate surface area is 145 Å². The van der Waals surface area contributed by atoms with Gasteiger partial charge < -0.3 is 9.47 Å². The molecule has 1 aliphatic heterocycles. The molecule has 5 nitrogen and oxygen atoms in total. The van der Waals surface area contributed by atoms with E-state index in [0.29, 0.717) is 10.5 Å². The quantitative estimate of drug-likeness (QED) is 0.682. The van der Waals surface area contributed by atoms with Crippen LogP contribution in [0, 0.1) is 4.77 Å². The molecule has 3 rings (SSSR count). The highest BCUT2D eigenvalue weighted by molar-refractivity contribution is 8.00. The van der Waals surface area contributed by atoms with E-state index in [9.17, 15) is 4.79 Å². The van der Waals surface area contributed by atoms with E-state index < -0.39 is 0 Å². The molecule has 1 aromatic heterocycles. The van der Waals surface area contributed by atoms with E-state index >= 15 is 0 Å². The first kappa shape index (κ1) is 16.3. The summed E-state index contributed by atoms with van der Waals surface area (Å²) in [7, 11) is 1.92. The Morgan fingerprint density at radius 2 is 2.22 bits per heavy atom. The van der Waals surface area contributed by atoms with Gasteiger partial charge in [0.05, 0.1) is 5.75 Å². The van der Waals surface area contributed by atoms with E-state index in [0.717, 1.165) is 36.7 Å². The molecule has 1 fully saturated rings. The summed E-state index contributed by atoms with van der Waals surface area (Å²) in [5.41, 5.74) is 0. The van der Waals surface area contributed by atoms with Crippen LogP contribution in [0.3, 0.4) is 0 Å². The van der Waals surface area contributed by atoms with Crippen molar-refractivity contribution in [1.29, 1.82) is 0 Å². The molecule has 1 saturated heterocycles. The Morgan fingerprint density at radius 3 is 2.91 bits per heavy atom. The van der Waals surface area contributed by atoms with Gasteiger partial charge in [-0.05, 0) is 37.2 Å². The van der Waals surface area contributed by atoms with Crippen molar-refractivity contribution in [3.05, 3.63) is 40.9 Å². The molecule has 23 heavy (non-hydrogen) atoms. The number of H-pyrrole nitrogens is 1. The highest BCUT2D eigenvalue weighted by Gasteiger charge is 2.27. The summed E-state index contributed by atoms with van der Waals surface area (Å²) in [6.07, 6.45) is 2.05. The third-order valence-electron chi connectivity index (χ3n) is 4.16. The van der Waals surface area contributed by atoms with Crippen LogP contribution in [0.25, 0.3) is 0 Å². The van der Waals surface area contributed by atoms with E-state index in [-0.39, 0.29) is 11.8 Å². The molecule has 0 radical (unpaired) electrons. The number of amides is 1. The predicted octanol–water partition coefficient (Wildman–Crippen LogP) is 2.98. The maximum Gasteiger partial charge on any atom is 0.232 e. The van der Waals surface area contributed by atoms with Gasteiger partial charge in [0.15, 0.2) is 4.77 Å². The number of piperidine rings is 1. The van der Waals surface area contributed by atoms with Crippen LogP contribution < -0.4 is 0 Å². The topological polar surface area (TPSA) is 53.9 Å². The molecular formula is C16H20N4OS2. The number of aromatic amines is 1. The van der Waals surface area contributed by atoms with Crippen LogP contribution in [0.4, 0.5) is 0 Å². The van der Waals surface area contributed by atoms with E-state index in [1.165, 1.54) is 0 Å². The summed E-state index contributed by atoms with van der Waals surface area (Å²) in [6.45, 7) is 1.56. The number of rotatable bonds is 4. The second-order valence-corrected chi connectivity index (χ2v) is 7.16. The lowest BCUT2D eigenvalue weighted by Gasteiger charge is -2.32. The van der Waals surface area contributed by atoms with Crippen LogP contribution in [-0.4, -0.2) is 44.4 Å². The average Bonchev–Trinajstić information content (AvgIpc) is 2.93. The minimum absolute atomic E-state index is 0.195. The molecule has 122 valence electrons. The number of hydrogen-bond acceptors (Lipinski definition) is 4. The van der Waals surface area contributed by atoms with Crippen LogP contribution in [0.1, 0.15) is 24.6 Å². The summed E-state index contributed by atoms with van der Waals surface area (Å²) >= 11 is 6.77. The molecular weight excluding hydrogens is 328 g/mol. The van der Waals surface area contributed by atoms with Crippen LogP contribution in [0.15, 0.2) is 35.2 Å². The summed E-state index contributed by atoms with van der Waals surface area (Å²) < 4.78 is 2.54. The molecule has 1 aliphatic rings. The standard InChI is InChI=1S/C16H20N4OS2/c1-19-15(17-18-16(19)22)12-6-5-9-20(10-12)14(21)11-23-13-7-3-2-4-8-13/h2-4,7-8,12H,5-6,9-11H2,1H3,(H,18,22)/t12-/m1/s1. The summed E-state index contributed by atoms with van der Waals surface area (Å²) in [5.74, 6) is 1.88. The SMILES string of the molecule is Cn1c([C@@H]2CCCN(C(=O)CSc3ccccc3)C2)n[nH]c1=S. The molecule has 2 heterocycles. The van der Waals surface area contributed by atoms with Gasteiger partial charge in [-0.3, -0.25) is 9.89 Å². The lowest BCUT2D eigenvalue weighted by Crippen LogP contribution is -2.40. The minimum atomic E-state index is 0.195. The lowest BCUT2D eigenvalue weighted by atomic mass is 9.97. The van der Waals surface area contributed by atoms with Crippen molar-refractivity contribution >= 4 is 29.9 Å². The first-order valence-corrected chi connectivity index (χ1v) is 9.11. The van der Waals surface area contributed by atoms with Crippen molar-refractivity contribution < 1.29 is 4.79 Å². The van der Waals surface area contributed by atoms with Crippen molar-refractivity contribution in [1.82, 2.24) is 19.7 Å². The molecule has 2 aromatic rings. The fraction of sp³-hybridized carbons (Fsp3) is 0.438.